The monoisotopic (exact) mass is 617 g/mol. The lowest BCUT2D eigenvalue weighted by molar-refractivity contribution is -0.132. The Morgan fingerprint density at radius 3 is 2.36 bits per heavy atom. The minimum atomic E-state index is -0.289. The van der Waals surface area contributed by atoms with Gasteiger partial charge < -0.3 is 19.5 Å². The maximum absolute atomic E-state index is 12.1. The number of carbonyl (C=O) groups is 2. The van der Waals surface area contributed by atoms with Crippen LogP contribution in [0.15, 0.2) is 42.5 Å². The Labute approximate surface area is 270 Å². The van der Waals surface area contributed by atoms with Gasteiger partial charge in [0.15, 0.2) is 0 Å². The summed E-state index contributed by atoms with van der Waals surface area (Å²) in [5, 5.41) is 11.3. The van der Waals surface area contributed by atoms with E-state index in [1.54, 1.807) is 0 Å². The van der Waals surface area contributed by atoms with Crippen molar-refractivity contribution in [1.82, 2.24) is 4.90 Å². The van der Waals surface area contributed by atoms with Crippen LogP contribution in [0.25, 0.3) is 0 Å². The molecule has 0 bridgehead atoms. The van der Waals surface area contributed by atoms with Crippen molar-refractivity contribution in [2.45, 2.75) is 129 Å². The summed E-state index contributed by atoms with van der Waals surface area (Å²) in [6, 6.07) is 15.2. The van der Waals surface area contributed by atoms with E-state index in [0.717, 1.165) is 70.0 Å². The van der Waals surface area contributed by atoms with Crippen LogP contribution in [-0.4, -0.2) is 47.7 Å². The van der Waals surface area contributed by atoms with Gasteiger partial charge in [0.2, 0.25) is 5.91 Å². The van der Waals surface area contributed by atoms with E-state index in [9.17, 15) is 14.7 Å². The van der Waals surface area contributed by atoms with Gasteiger partial charge in [-0.2, -0.15) is 0 Å². The number of aliphatic hydroxyl groups is 1. The predicted octanol–water partition coefficient (Wildman–Crippen LogP) is 8.20. The second kappa shape index (κ2) is 13.9. The molecule has 1 amide bonds. The van der Waals surface area contributed by atoms with E-state index in [1.165, 1.54) is 23.6 Å². The first-order valence-corrected chi connectivity index (χ1v) is 17.4. The van der Waals surface area contributed by atoms with Gasteiger partial charge in [-0.1, -0.05) is 51.3 Å². The second-order valence-electron chi connectivity index (χ2n) is 14.9. The summed E-state index contributed by atoms with van der Waals surface area (Å²) in [6.07, 6.45) is 10.6. The molecule has 45 heavy (non-hydrogen) atoms. The third-order valence-electron chi connectivity index (χ3n) is 11.8. The fraction of sp³-hybridized carbons (Fsp3) is 0.641. The van der Waals surface area contributed by atoms with E-state index >= 15 is 0 Å². The number of benzene rings is 2. The van der Waals surface area contributed by atoms with E-state index in [2.05, 4.69) is 50.2 Å². The Morgan fingerprint density at radius 2 is 1.64 bits per heavy atom. The molecule has 0 aromatic heterocycles. The third kappa shape index (κ3) is 6.96. The van der Waals surface area contributed by atoms with Gasteiger partial charge >= 0.3 is 5.97 Å². The smallest absolute Gasteiger partial charge is 0.308 e. The zero-order valence-electron chi connectivity index (χ0n) is 28.4. The van der Waals surface area contributed by atoms with Crippen LogP contribution in [0.2, 0.25) is 0 Å². The number of aliphatic hydroxyl groups excluding tert-OH is 1. The lowest BCUT2D eigenvalue weighted by atomic mass is 9.44. The molecule has 6 nitrogen and oxygen atoms in total. The molecule has 0 heterocycles. The molecule has 0 aliphatic heterocycles. The average molecular weight is 618 g/mol. The Bertz CT molecular complexity index is 1340. The number of unbranched alkanes of at least 4 members (excludes halogenated alkanes) is 4. The van der Waals surface area contributed by atoms with Gasteiger partial charge in [-0.05, 0) is 128 Å². The fourth-order valence-corrected chi connectivity index (χ4v) is 9.17. The van der Waals surface area contributed by atoms with Crippen LogP contribution in [0.1, 0.15) is 127 Å². The first-order chi connectivity index (χ1) is 21.4. The number of rotatable bonds is 12. The van der Waals surface area contributed by atoms with Crippen LogP contribution in [0.3, 0.4) is 0 Å². The molecular formula is C39H55NO5. The number of amides is 1. The highest BCUT2D eigenvalue weighted by Crippen LogP contribution is 2.70. The zero-order chi connectivity index (χ0) is 32.4. The minimum Gasteiger partial charge on any atom is -0.494 e. The van der Waals surface area contributed by atoms with Crippen molar-refractivity contribution < 1.29 is 24.2 Å². The summed E-state index contributed by atoms with van der Waals surface area (Å²) < 4.78 is 11.6. The van der Waals surface area contributed by atoms with Crippen LogP contribution >= 0.6 is 0 Å². The Hall–Kier alpha value is -2.86. The van der Waals surface area contributed by atoms with Crippen LogP contribution in [0, 0.1) is 16.7 Å². The molecule has 3 aliphatic rings. The van der Waals surface area contributed by atoms with Gasteiger partial charge in [0.05, 0.1) is 12.7 Å². The van der Waals surface area contributed by atoms with Crippen molar-refractivity contribution in [3.05, 3.63) is 59.2 Å². The highest BCUT2D eigenvalue weighted by molar-refractivity contribution is 5.76. The van der Waals surface area contributed by atoms with Gasteiger partial charge in [0, 0.05) is 26.4 Å². The SMILES string of the molecule is CC(=O)Oc1ccc2c(c1)CC[C@]1(C)C2[C@@H](c2ccc(OCCCCCCCC(=O)N(C)C(C)C)cc2)C[C@@]2(C)C1CC[C@@H]2O. The molecule has 2 unspecified atom stereocenters. The van der Waals surface area contributed by atoms with Gasteiger partial charge in [-0.15, -0.1) is 0 Å². The van der Waals surface area contributed by atoms with Crippen molar-refractivity contribution in [2.75, 3.05) is 13.7 Å². The summed E-state index contributed by atoms with van der Waals surface area (Å²) in [5.74, 6) is 2.58. The summed E-state index contributed by atoms with van der Waals surface area (Å²) in [5.41, 5.74) is 3.96. The number of fused-ring (bicyclic) bond motifs is 5. The molecule has 2 saturated carbocycles. The number of carbonyl (C=O) groups excluding carboxylic acids is 2. The number of hydrogen-bond donors (Lipinski definition) is 1. The lowest BCUT2D eigenvalue weighted by Gasteiger charge is -2.60. The maximum atomic E-state index is 12.1. The first kappa shape index (κ1) is 33.5. The topological polar surface area (TPSA) is 76.1 Å². The van der Waals surface area contributed by atoms with Crippen LogP contribution in [0.4, 0.5) is 0 Å². The normalized spacial score (nSPS) is 28.6. The lowest BCUT2D eigenvalue weighted by Crippen LogP contribution is -2.52. The van der Waals surface area contributed by atoms with Gasteiger partial charge in [0.1, 0.15) is 11.5 Å². The number of aryl methyl sites for hydroxylation is 1. The van der Waals surface area contributed by atoms with Crippen molar-refractivity contribution in [2.24, 2.45) is 16.7 Å². The van der Waals surface area contributed by atoms with Crippen LogP contribution in [0.5, 0.6) is 11.5 Å². The molecule has 5 rings (SSSR count). The fourth-order valence-electron chi connectivity index (χ4n) is 9.17. The van der Waals surface area contributed by atoms with Crippen molar-refractivity contribution in [3.63, 3.8) is 0 Å². The second-order valence-corrected chi connectivity index (χ2v) is 14.9. The van der Waals surface area contributed by atoms with E-state index in [0.29, 0.717) is 30.6 Å². The zero-order valence-corrected chi connectivity index (χ0v) is 28.4. The average Bonchev–Trinajstić information content (AvgIpc) is 3.31. The van der Waals surface area contributed by atoms with Crippen molar-refractivity contribution >= 4 is 11.9 Å². The molecule has 6 atom stereocenters. The molecule has 1 N–H and O–H groups in total. The number of esters is 1. The standard InChI is InChI=1S/C39H55NO5/c1-26(2)40(6)36(43)12-10-8-7-9-11-23-44-30-15-13-28(14-16-30)33-25-39(5)34(19-20-35(39)42)38(4)22-21-29-24-31(45-27(3)41)17-18-32(29)37(33)38/h13-18,24,26,33-35,37,42H,7-12,19-23,25H2,1-6H3/t33-,34?,35+,37?,38+,39+/m1/s1. The molecule has 2 aromatic carbocycles. The van der Waals surface area contributed by atoms with Crippen LogP contribution in [-0.2, 0) is 16.0 Å². The molecule has 3 aliphatic carbocycles. The van der Waals surface area contributed by atoms with Gasteiger partial charge in [-0.3, -0.25) is 9.59 Å². The number of hydrogen-bond acceptors (Lipinski definition) is 5. The summed E-state index contributed by atoms with van der Waals surface area (Å²) >= 11 is 0. The molecular weight excluding hydrogens is 562 g/mol. The molecule has 246 valence electrons. The van der Waals surface area contributed by atoms with Crippen molar-refractivity contribution in [3.8, 4) is 11.5 Å². The first-order valence-electron chi connectivity index (χ1n) is 17.4. The minimum absolute atomic E-state index is 0.0813. The molecule has 2 aromatic rings. The van der Waals surface area contributed by atoms with E-state index in [4.69, 9.17) is 9.47 Å². The Kier molecular flexibility index (Phi) is 10.3. The summed E-state index contributed by atoms with van der Waals surface area (Å²) in [4.78, 5) is 25.6. The Morgan fingerprint density at radius 1 is 0.956 bits per heavy atom. The molecule has 6 heteroatoms. The van der Waals surface area contributed by atoms with E-state index in [1.807, 2.05) is 31.9 Å². The van der Waals surface area contributed by atoms with E-state index < -0.39 is 0 Å². The Balaban J connectivity index is 1.23. The maximum Gasteiger partial charge on any atom is 0.308 e. The molecule has 0 spiro atoms. The quantitative estimate of drug-likeness (QED) is 0.148. The molecule has 0 radical (unpaired) electrons. The summed E-state index contributed by atoms with van der Waals surface area (Å²) in [7, 11) is 1.89. The number of nitrogens with zero attached hydrogens (tertiary/aromatic N) is 1. The van der Waals surface area contributed by atoms with Crippen LogP contribution < -0.4 is 9.47 Å². The molecule has 0 saturated heterocycles. The largest absolute Gasteiger partial charge is 0.494 e. The molecule has 2 fully saturated rings. The van der Waals surface area contributed by atoms with Gasteiger partial charge in [-0.25, -0.2) is 0 Å². The van der Waals surface area contributed by atoms with Crippen molar-refractivity contribution in [1.29, 1.82) is 0 Å². The highest BCUT2D eigenvalue weighted by Gasteiger charge is 2.62. The highest BCUT2D eigenvalue weighted by atomic mass is 16.5. The summed E-state index contributed by atoms with van der Waals surface area (Å²) in [6.45, 7) is 11.1. The van der Waals surface area contributed by atoms with E-state index in [-0.39, 0.29) is 40.8 Å². The third-order valence-corrected chi connectivity index (χ3v) is 11.8. The number of ether oxygens (including phenoxy) is 2. The van der Waals surface area contributed by atoms with Gasteiger partial charge in [0.25, 0.3) is 0 Å². The predicted molar refractivity (Wildman–Crippen MR) is 179 cm³/mol.